The number of hydrogen-bond acceptors (Lipinski definition) is 6. The Balaban J connectivity index is 1.94. The van der Waals surface area contributed by atoms with Gasteiger partial charge in [0, 0.05) is 18.6 Å². The third-order valence-electron chi connectivity index (χ3n) is 2.94. The normalized spacial score (nSPS) is 12.1. The summed E-state index contributed by atoms with van der Waals surface area (Å²) < 4.78 is 34.5. The fourth-order valence-corrected chi connectivity index (χ4v) is 4.05. The summed E-state index contributed by atoms with van der Waals surface area (Å²) in [6.07, 6.45) is 1.68. The van der Waals surface area contributed by atoms with E-state index in [1.165, 1.54) is 11.3 Å². The molecule has 0 bridgehead atoms. The first-order valence-corrected chi connectivity index (χ1v) is 8.56. The number of anilines is 1. The van der Waals surface area contributed by atoms with Crippen LogP contribution in [0.1, 0.15) is 11.5 Å². The van der Waals surface area contributed by atoms with Gasteiger partial charge in [-0.15, -0.1) is 11.3 Å². The van der Waals surface area contributed by atoms with E-state index in [-0.39, 0.29) is 11.6 Å². The number of fused-ring (bicyclic) bond motifs is 1. The highest BCUT2D eigenvalue weighted by Gasteiger charge is 2.25. The van der Waals surface area contributed by atoms with Gasteiger partial charge in [0.05, 0.1) is 6.54 Å². The minimum absolute atomic E-state index is 0.0939. The predicted molar refractivity (Wildman–Crippen MR) is 80.1 cm³/mol. The highest BCUT2D eigenvalue weighted by molar-refractivity contribution is 7.89. The van der Waals surface area contributed by atoms with Crippen LogP contribution in [0, 0.1) is 6.92 Å². The predicted octanol–water partition coefficient (Wildman–Crippen LogP) is 1.82. The Bertz CT molecular complexity index is 875. The molecule has 0 aliphatic heterocycles. The molecule has 3 aromatic rings. The molecule has 0 radical (unpaired) electrons. The molecule has 0 aromatic carbocycles. The standard InChI is InChI=1S/C12H14N4O3S2/c1-8-3-4-9(19-8)7-14-21(17,18)11-10(13-2)15-12-16(11)5-6-20-12/h3-6,13-14H,7H2,1-2H3. The van der Waals surface area contributed by atoms with Gasteiger partial charge in [0.15, 0.2) is 15.8 Å². The number of hydrogen-bond donors (Lipinski definition) is 2. The molecule has 7 nitrogen and oxygen atoms in total. The fraction of sp³-hybridized carbons (Fsp3) is 0.250. The van der Waals surface area contributed by atoms with Crippen molar-refractivity contribution in [3.8, 4) is 0 Å². The molecule has 0 unspecified atom stereocenters. The Hall–Kier alpha value is -1.84. The number of thiazole rings is 1. The lowest BCUT2D eigenvalue weighted by atomic mass is 10.4. The highest BCUT2D eigenvalue weighted by atomic mass is 32.2. The largest absolute Gasteiger partial charge is 0.465 e. The van der Waals surface area contributed by atoms with Crippen LogP contribution >= 0.6 is 11.3 Å². The average Bonchev–Trinajstić information content (AvgIpc) is 3.10. The van der Waals surface area contributed by atoms with E-state index in [2.05, 4.69) is 15.0 Å². The van der Waals surface area contributed by atoms with Gasteiger partial charge in [-0.1, -0.05) is 0 Å². The quantitative estimate of drug-likeness (QED) is 0.746. The van der Waals surface area contributed by atoms with E-state index >= 15 is 0 Å². The number of imidazole rings is 1. The molecule has 0 aliphatic rings. The van der Waals surface area contributed by atoms with Crippen molar-refractivity contribution in [1.29, 1.82) is 0 Å². The fourth-order valence-electron chi connectivity index (χ4n) is 2.00. The van der Waals surface area contributed by atoms with Crippen LogP contribution in [0.2, 0.25) is 0 Å². The summed E-state index contributed by atoms with van der Waals surface area (Å²) in [5.74, 6) is 1.63. The molecule has 9 heteroatoms. The van der Waals surface area contributed by atoms with Crippen LogP contribution in [-0.4, -0.2) is 24.9 Å². The molecule has 21 heavy (non-hydrogen) atoms. The van der Waals surface area contributed by atoms with Crippen molar-refractivity contribution >= 4 is 32.1 Å². The van der Waals surface area contributed by atoms with Crippen molar-refractivity contribution in [2.24, 2.45) is 0 Å². The molecule has 2 N–H and O–H groups in total. The maximum Gasteiger partial charge on any atom is 0.260 e. The van der Waals surface area contributed by atoms with Crippen LogP contribution in [0.25, 0.3) is 4.96 Å². The third-order valence-corrected chi connectivity index (χ3v) is 5.12. The van der Waals surface area contributed by atoms with Crippen LogP contribution in [0.4, 0.5) is 5.82 Å². The third kappa shape index (κ3) is 2.55. The summed E-state index contributed by atoms with van der Waals surface area (Å²) in [5.41, 5.74) is 0. The summed E-state index contributed by atoms with van der Waals surface area (Å²) in [5, 5.41) is 4.70. The van der Waals surface area contributed by atoms with E-state index in [0.29, 0.717) is 16.5 Å². The van der Waals surface area contributed by atoms with Crippen molar-refractivity contribution in [3.05, 3.63) is 35.2 Å². The number of nitrogens with zero attached hydrogens (tertiary/aromatic N) is 2. The Morgan fingerprint density at radius 2 is 2.24 bits per heavy atom. The van der Waals surface area contributed by atoms with Crippen molar-refractivity contribution in [2.75, 3.05) is 12.4 Å². The molecule has 3 aromatic heterocycles. The second kappa shape index (κ2) is 5.17. The summed E-state index contributed by atoms with van der Waals surface area (Å²) in [4.78, 5) is 4.86. The molecule has 0 atom stereocenters. The second-order valence-corrected chi connectivity index (χ2v) is 6.96. The molecule has 0 aliphatic carbocycles. The lowest BCUT2D eigenvalue weighted by Gasteiger charge is -2.06. The highest BCUT2D eigenvalue weighted by Crippen LogP contribution is 2.25. The summed E-state index contributed by atoms with van der Waals surface area (Å²) in [7, 11) is -2.07. The van der Waals surface area contributed by atoms with Crippen molar-refractivity contribution in [3.63, 3.8) is 0 Å². The second-order valence-electron chi connectivity index (χ2n) is 4.41. The zero-order valence-electron chi connectivity index (χ0n) is 11.5. The minimum atomic E-state index is -3.71. The van der Waals surface area contributed by atoms with Crippen molar-refractivity contribution in [2.45, 2.75) is 18.5 Å². The zero-order chi connectivity index (χ0) is 15.0. The van der Waals surface area contributed by atoms with Crippen LogP contribution in [0.15, 0.2) is 33.2 Å². The lowest BCUT2D eigenvalue weighted by molar-refractivity contribution is 0.475. The Labute approximate surface area is 125 Å². The van der Waals surface area contributed by atoms with Gasteiger partial charge >= 0.3 is 0 Å². The summed E-state index contributed by atoms with van der Waals surface area (Å²) in [6, 6.07) is 3.53. The molecule has 0 saturated carbocycles. The molecule has 0 fully saturated rings. The Morgan fingerprint density at radius 1 is 1.43 bits per heavy atom. The van der Waals surface area contributed by atoms with Crippen LogP contribution in [0.3, 0.4) is 0 Å². The van der Waals surface area contributed by atoms with Gasteiger partial charge in [-0.05, 0) is 19.1 Å². The molecule has 0 saturated heterocycles. The molecule has 0 amide bonds. The van der Waals surface area contributed by atoms with E-state index in [1.54, 1.807) is 35.2 Å². The number of rotatable bonds is 5. The maximum atomic E-state index is 12.5. The van der Waals surface area contributed by atoms with Crippen molar-refractivity contribution < 1.29 is 12.8 Å². The first-order chi connectivity index (χ1) is 10.0. The van der Waals surface area contributed by atoms with Crippen LogP contribution in [0.5, 0.6) is 0 Å². The van der Waals surface area contributed by atoms with E-state index < -0.39 is 10.0 Å². The number of aryl methyl sites for hydroxylation is 1. The van der Waals surface area contributed by atoms with E-state index in [1.807, 2.05) is 6.92 Å². The van der Waals surface area contributed by atoms with Crippen LogP contribution in [-0.2, 0) is 16.6 Å². The van der Waals surface area contributed by atoms with Gasteiger partial charge < -0.3 is 9.73 Å². The molecule has 0 spiro atoms. The number of furan rings is 1. The van der Waals surface area contributed by atoms with Gasteiger partial charge in [0.2, 0.25) is 0 Å². The monoisotopic (exact) mass is 326 g/mol. The Morgan fingerprint density at radius 3 is 2.90 bits per heavy atom. The first kappa shape index (κ1) is 14.1. The molecule has 3 heterocycles. The first-order valence-electron chi connectivity index (χ1n) is 6.19. The summed E-state index contributed by atoms with van der Waals surface area (Å²) >= 11 is 1.37. The van der Waals surface area contributed by atoms with Gasteiger partial charge in [-0.3, -0.25) is 4.40 Å². The minimum Gasteiger partial charge on any atom is -0.465 e. The van der Waals surface area contributed by atoms with Gasteiger partial charge in [0.25, 0.3) is 10.0 Å². The van der Waals surface area contributed by atoms with E-state index in [9.17, 15) is 8.42 Å². The Kier molecular flexibility index (Phi) is 3.47. The topological polar surface area (TPSA) is 88.6 Å². The molecular weight excluding hydrogens is 312 g/mol. The van der Waals surface area contributed by atoms with Crippen LogP contribution < -0.4 is 10.0 Å². The van der Waals surface area contributed by atoms with Gasteiger partial charge in [-0.2, -0.15) is 0 Å². The number of sulfonamides is 1. The average molecular weight is 326 g/mol. The number of nitrogens with one attached hydrogen (secondary N) is 2. The van der Waals surface area contributed by atoms with Gasteiger partial charge in [0.1, 0.15) is 11.5 Å². The lowest BCUT2D eigenvalue weighted by Crippen LogP contribution is -2.25. The van der Waals surface area contributed by atoms with E-state index in [4.69, 9.17) is 4.42 Å². The molecule has 3 rings (SSSR count). The maximum absolute atomic E-state index is 12.5. The SMILES string of the molecule is CNc1nc2sccn2c1S(=O)(=O)NCc1ccc(C)o1. The summed E-state index contributed by atoms with van der Waals surface area (Å²) in [6.45, 7) is 1.90. The zero-order valence-corrected chi connectivity index (χ0v) is 13.1. The van der Waals surface area contributed by atoms with Gasteiger partial charge in [-0.25, -0.2) is 18.1 Å². The smallest absolute Gasteiger partial charge is 0.260 e. The van der Waals surface area contributed by atoms with E-state index in [0.717, 1.165) is 5.76 Å². The number of aromatic nitrogens is 2. The molecule has 112 valence electrons. The molecular formula is C12H14N4O3S2. The van der Waals surface area contributed by atoms with Crippen molar-refractivity contribution in [1.82, 2.24) is 14.1 Å².